The smallest absolute Gasteiger partial charge is 0.264 e. The number of benzene rings is 2. The van der Waals surface area contributed by atoms with Crippen LogP contribution >= 0.6 is 11.6 Å². The summed E-state index contributed by atoms with van der Waals surface area (Å²) in [7, 11) is -3.80. The Hall–Kier alpha value is -2.15. The van der Waals surface area contributed by atoms with Gasteiger partial charge < -0.3 is 4.42 Å². The zero-order chi connectivity index (χ0) is 20.4. The lowest BCUT2D eigenvalue weighted by atomic mass is 10.0. The molecule has 0 unspecified atom stereocenters. The van der Waals surface area contributed by atoms with Crippen LogP contribution in [0.4, 0.5) is 0 Å². The van der Waals surface area contributed by atoms with Crippen molar-refractivity contribution in [3.05, 3.63) is 59.6 Å². The molecule has 0 aliphatic carbocycles. The molecule has 4 rings (SSSR count). The summed E-state index contributed by atoms with van der Waals surface area (Å²) >= 11 is 6.02. The van der Waals surface area contributed by atoms with Gasteiger partial charge in [-0.1, -0.05) is 43.1 Å². The van der Waals surface area contributed by atoms with E-state index < -0.39 is 10.0 Å². The number of piperidine rings is 1. The Morgan fingerprint density at radius 3 is 2.48 bits per heavy atom. The van der Waals surface area contributed by atoms with Crippen molar-refractivity contribution in [1.29, 1.82) is 0 Å². The van der Waals surface area contributed by atoms with Crippen LogP contribution in [0.1, 0.15) is 32.6 Å². The van der Waals surface area contributed by atoms with Crippen molar-refractivity contribution in [3.8, 4) is 22.8 Å². The molecule has 2 heterocycles. The monoisotopic (exact) mass is 430 g/mol. The van der Waals surface area contributed by atoms with Gasteiger partial charge in [-0.15, -0.1) is 0 Å². The highest BCUT2D eigenvalue weighted by Crippen LogP contribution is 2.36. The number of rotatable bonds is 5. The fourth-order valence-electron chi connectivity index (χ4n) is 3.78. The standard InChI is InChI=1S/C22H23ClN2O3S/c1-2-19-10-6-7-15-25(19)29(26,27)22-20(16-11-13-18(23)14-12-16)28-21(24-22)17-8-4-3-5-9-17/h3-5,8-9,11-14,19H,2,6-7,10,15H2,1H3/t19-/m1/s1. The molecule has 0 saturated carbocycles. The first-order chi connectivity index (χ1) is 14.0. The second-order valence-corrected chi connectivity index (χ2v) is 9.44. The number of hydrogen-bond acceptors (Lipinski definition) is 4. The number of sulfonamides is 1. The van der Waals surface area contributed by atoms with Crippen molar-refractivity contribution in [1.82, 2.24) is 9.29 Å². The Morgan fingerprint density at radius 1 is 1.07 bits per heavy atom. The molecule has 5 nitrogen and oxygen atoms in total. The van der Waals surface area contributed by atoms with Gasteiger partial charge in [0.15, 0.2) is 5.76 Å². The molecule has 3 aromatic rings. The van der Waals surface area contributed by atoms with Crippen LogP contribution in [0.15, 0.2) is 64.0 Å². The van der Waals surface area contributed by atoms with E-state index in [1.54, 1.807) is 28.6 Å². The SMILES string of the molecule is CC[C@@H]1CCCCN1S(=O)(=O)c1nc(-c2ccccc2)oc1-c1ccc(Cl)cc1. The molecular weight excluding hydrogens is 408 g/mol. The molecule has 0 N–H and O–H groups in total. The number of oxazole rings is 1. The maximum absolute atomic E-state index is 13.6. The van der Waals surface area contributed by atoms with Gasteiger partial charge in [0.1, 0.15) is 0 Å². The summed E-state index contributed by atoms with van der Waals surface area (Å²) in [5.74, 6) is 0.542. The predicted molar refractivity (Wildman–Crippen MR) is 114 cm³/mol. The Bertz CT molecular complexity index is 1080. The van der Waals surface area contributed by atoms with E-state index in [-0.39, 0.29) is 16.8 Å². The summed E-state index contributed by atoms with van der Waals surface area (Å²) in [6.45, 7) is 2.53. The molecule has 2 aromatic carbocycles. The van der Waals surface area contributed by atoms with Crippen molar-refractivity contribution in [2.24, 2.45) is 0 Å². The molecule has 7 heteroatoms. The molecular formula is C22H23ClN2O3S. The third kappa shape index (κ3) is 3.97. The zero-order valence-electron chi connectivity index (χ0n) is 16.2. The average molecular weight is 431 g/mol. The Labute approximate surface area is 176 Å². The lowest BCUT2D eigenvalue weighted by Crippen LogP contribution is -2.43. The lowest BCUT2D eigenvalue weighted by molar-refractivity contribution is 0.246. The van der Waals surface area contributed by atoms with Crippen LogP contribution in [0.5, 0.6) is 0 Å². The highest BCUT2D eigenvalue weighted by atomic mass is 35.5. The van der Waals surface area contributed by atoms with Gasteiger partial charge in [0.05, 0.1) is 0 Å². The minimum Gasteiger partial charge on any atom is -0.435 e. The van der Waals surface area contributed by atoms with Crippen LogP contribution in [-0.2, 0) is 10.0 Å². The lowest BCUT2D eigenvalue weighted by Gasteiger charge is -2.33. The molecule has 1 fully saturated rings. The maximum atomic E-state index is 13.6. The Morgan fingerprint density at radius 2 is 1.79 bits per heavy atom. The van der Waals surface area contributed by atoms with Crippen molar-refractivity contribution < 1.29 is 12.8 Å². The topological polar surface area (TPSA) is 63.4 Å². The number of hydrogen-bond donors (Lipinski definition) is 0. The highest BCUT2D eigenvalue weighted by Gasteiger charge is 2.37. The van der Waals surface area contributed by atoms with Crippen LogP contribution in [0.3, 0.4) is 0 Å². The van der Waals surface area contributed by atoms with Gasteiger partial charge in [-0.2, -0.15) is 9.29 Å². The molecule has 1 aliphatic heterocycles. The normalized spacial score (nSPS) is 18.1. The zero-order valence-corrected chi connectivity index (χ0v) is 17.8. The second-order valence-electron chi connectivity index (χ2n) is 7.20. The third-order valence-corrected chi connectivity index (χ3v) is 7.44. The maximum Gasteiger partial charge on any atom is 0.264 e. The van der Waals surface area contributed by atoms with E-state index >= 15 is 0 Å². The van der Waals surface area contributed by atoms with Crippen LogP contribution in [0.25, 0.3) is 22.8 Å². The summed E-state index contributed by atoms with van der Waals surface area (Å²) in [6.07, 6.45) is 3.55. The van der Waals surface area contributed by atoms with Crippen molar-refractivity contribution in [2.75, 3.05) is 6.54 Å². The molecule has 1 aliphatic rings. The van der Waals surface area contributed by atoms with Crippen molar-refractivity contribution in [3.63, 3.8) is 0 Å². The van der Waals surface area contributed by atoms with E-state index in [4.69, 9.17) is 16.0 Å². The summed E-state index contributed by atoms with van der Waals surface area (Å²) in [5, 5.41) is 0.544. The minimum absolute atomic E-state index is 0.0105. The third-order valence-electron chi connectivity index (χ3n) is 5.32. The fraction of sp³-hybridized carbons (Fsp3) is 0.318. The first-order valence-corrected chi connectivity index (χ1v) is 11.7. The molecule has 0 bridgehead atoms. The molecule has 29 heavy (non-hydrogen) atoms. The molecule has 152 valence electrons. The van der Waals surface area contributed by atoms with Gasteiger partial charge in [-0.25, -0.2) is 8.42 Å². The van der Waals surface area contributed by atoms with Crippen molar-refractivity contribution in [2.45, 2.75) is 43.7 Å². The molecule has 0 amide bonds. The Balaban J connectivity index is 1.86. The van der Waals surface area contributed by atoms with E-state index in [9.17, 15) is 8.42 Å². The Kier molecular flexibility index (Phi) is 5.76. The van der Waals surface area contributed by atoms with Crippen LogP contribution in [-0.4, -0.2) is 30.3 Å². The van der Waals surface area contributed by atoms with Crippen LogP contribution in [0.2, 0.25) is 5.02 Å². The molecule has 1 aromatic heterocycles. The van der Waals surface area contributed by atoms with E-state index in [0.717, 1.165) is 31.2 Å². The largest absolute Gasteiger partial charge is 0.435 e. The summed E-state index contributed by atoms with van der Waals surface area (Å²) in [6, 6.07) is 16.3. The van der Waals surface area contributed by atoms with Gasteiger partial charge in [0, 0.05) is 28.7 Å². The first-order valence-electron chi connectivity index (χ1n) is 9.84. The van der Waals surface area contributed by atoms with Crippen LogP contribution in [0, 0.1) is 0 Å². The van der Waals surface area contributed by atoms with E-state index in [2.05, 4.69) is 4.98 Å². The molecule has 0 radical (unpaired) electrons. The van der Waals surface area contributed by atoms with Crippen molar-refractivity contribution >= 4 is 21.6 Å². The molecule has 0 spiro atoms. The van der Waals surface area contributed by atoms with Gasteiger partial charge in [0.25, 0.3) is 10.0 Å². The number of nitrogens with zero attached hydrogens (tertiary/aromatic N) is 2. The van der Waals surface area contributed by atoms with Gasteiger partial charge in [0.2, 0.25) is 10.9 Å². The summed E-state index contributed by atoms with van der Waals surface area (Å²) < 4.78 is 34.9. The molecule has 1 atom stereocenters. The van der Waals surface area contributed by atoms with Gasteiger partial charge in [-0.05, 0) is 55.7 Å². The molecule has 1 saturated heterocycles. The summed E-state index contributed by atoms with van der Waals surface area (Å²) in [4.78, 5) is 4.47. The summed E-state index contributed by atoms with van der Waals surface area (Å²) in [5.41, 5.74) is 1.36. The highest BCUT2D eigenvalue weighted by molar-refractivity contribution is 7.89. The predicted octanol–water partition coefficient (Wildman–Crippen LogP) is 5.62. The van der Waals surface area contributed by atoms with Crippen LogP contribution < -0.4 is 0 Å². The van der Waals surface area contributed by atoms with Gasteiger partial charge >= 0.3 is 0 Å². The average Bonchev–Trinajstić information content (AvgIpc) is 3.21. The van der Waals surface area contributed by atoms with Gasteiger partial charge in [-0.3, -0.25) is 0 Å². The number of halogens is 1. The number of aromatic nitrogens is 1. The minimum atomic E-state index is -3.80. The van der Waals surface area contributed by atoms with E-state index in [1.807, 2.05) is 37.3 Å². The quantitative estimate of drug-likeness (QED) is 0.527. The second kappa shape index (κ2) is 8.30. The fourth-order valence-corrected chi connectivity index (χ4v) is 5.73. The van der Waals surface area contributed by atoms with E-state index in [0.29, 0.717) is 23.0 Å². The first kappa shape index (κ1) is 20.1. The van der Waals surface area contributed by atoms with E-state index in [1.165, 1.54) is 0 Å².